The van der Waals surface area contributed by atoms with Crippen molar-refractivity contribution in [2.24, 2.45) is 0 Å². The first-order chi connectivity index (χ1) is 14.4. The maximum absolute atomic E-state index is 12.8. The van der Waals surface area contributed by atoms with Gasteiger partial charge < -0.3 is 9.47 Å². The van der Waals surface area contributed by atoms with Gasteiger partial charge in [0.1, 0.15) is 17.7 Å². The molecular weight excluding hydrogens is 434 g/mol. The topological polar surface area (TPSA) is 74.5 Å². The lowest BCUT2D eigenvalue weighted by Crippen LogP contribution is -2.18. The van der Waals surface area contributed by atoms with E-state index >= 15 is 0 Å². The van der Waals surface area contributed by atoms with Crippen molar-refractivity contribution in [3.63, 3.8) is 0 Å². The van der Waals surface area contributed by atoms with Crippen LogP contribution in [0.15, 0.2) is 60.8 Å². The molecule has 31 heavy (non-hydrogen) atoms. The summed E-state index contributed by atoms with van der Waals surface area (Å²) in [5, 5.41) is 11.2. The molecule has 2 aromatic carbocycles. The molecule has 0 spiro atoms. The van der Waals surface area contributed by atoms with Crippen LogP contribution in [0.25, 0.3) is 22.4 Å². The number of benzene rings is 2. The molecule has 162 valence electrons. The Kier molecular flexibility index (Phi) is 5.73. The fourth-order valence-corrected chi connectivity index (χ4v) is 2.75. The summed E-state index contributed by atoms with van der Waals surface area (Å²) in [5.74, 6) is -1.40. The zero-order chi connectivity index (χ0) is 22.8. The largest absolute Gasteiger partial charge is 0.573 e. The van der Waals surface area contributed by atoms with E-state index in [9.17, 15) is 36.5 Å². The summed E-state index contributed by atoms with van der Waals surface area (Å²) in [7, 11) is 0. The van der Waals surface area contributed by atoms with E-state index in [0.29, 0.717) is 0 Å². The van der Waals surface area contributed by atoms with E-state index in [1.807, 2.05) is 0 Å². The highest BCUT2D eigenvalue weighted by Gasteiger charge is 2.34. The van der Waals surface area contributed by atoms with Gasteiger partial charge in [-0.15, -0.1) is 26.3 Å². The fourth-order valence-electron chi connectivity index (χ4n) is 2.75. The number of alkyl halides is 6. The minimum Gasteiger partial charge on any atom is -0.405 e. The fraction of sp³-hybridized carbons (Fsp3) is 0.105. The average Bonchev–Trinajstić information content (AvgIpc) is 2.66. The number of ether oxygens (including phenoxy) is 2. The highest BCUT2D eigenvalue weighted by atomic mass is 19.4. The lowest BCUT2D eigenvalue weighted by Gasteiger charge is -2.17. The SMILES string of the molecule is O=[N+]([O-])c1cnc(-c2ccccc2OC(F)(F)F)c(-c2ccccc2OC(F)(F)F)c1. The quantitative estimate of drug-likeness (QED) is 0.269. The minimum absolute atomic E-state index is 0.244. The monoisotopic (exact) mass is 444 g/mol. The van der Waals surface area contributed by atoms with Crippen LogP contribution in [0.2, 0.25) is 0 Å². The molecular formula is C19H10F6N2O4. The summed E-state index contributed by atoms with van der Waals surface area (Å²) in [5.41, 5.74) is -1.63. The molecule has 0 bridgehead atoms. The smallest absolute Gasteiger partial charge is 0.405 e. The van der Waals surface area contributed by atoms with Crippen molar-refractivity contribution in [2.45, 2.75) is 12.7 Å². The van der Waals surface area contributed by atoms with Crippen LogP contribution in [-0.4, -0.2) is 22.6 Å². The molecule has 12 heteroatoms. The molecule has 0 N–H and O–H groups in total. The van der Waals surface area contributed by atoms with E-state index in [1.165, 1.54) is 36.4 Å². The van der Waals surface area contributed by atoms with Gasteiger partial charge in [0, 0.05) is 22.8 Å². The lowest BCUT2D eigenvalue weighted by molar-refractivity contribution is -0.385. The highest BCUT2D eigenvalue weighted by molar-refractivity contribution is 5.87. The van der Waals surface area contributed by atoms with Gasteiger partial charge in [-0.25, -0.2) is 4.98 Å². The first-order valence-corrected chi connectivity index (χ1v) is 8.29. The van der Waals surface area contributed by atoms with E-state index < -0.39 is 34.8 Å². The first-order valence-electron chi connectivity index (χ1n) is 8.29. The Morgan fingerprint density at radius 1 is 0.774 bits per heavy atom. The summed E-state index contributed by atoms with van der Waals surface area (Å²) in [6.45, 7) is 0. The van der Waals surface area contributed by atoms with Gasteiger partial charge in [0.15, 0.2) is 0 Å². The summed E-state index contributed by atoms with van der Waals surface area (Å²) < 4.78 is 84.9. The molecule has 6 nitrogen and oxygen atoms in total. The molecule has 0 aliphatic carbocycles. The Bertz CT molecular complexity index is 1120. The predicted molar refractivity (Wildman–Crippen MR) is 95.1 cm³/mol. The average molecular weight is 444 g/mol. The van der Waals surface area contributed by atoms with Crippen molar-refractivity contribution in [1.82, 2.24) is 4.98 Å². The van der Waals surface area contributed by atoms with Crippen molar-refractivity contribution in [2.75, 3.05) is 0 Å². The molecule has 0 aliphatic rings. The van der Waals surface area contributed by atoms with E-state index in [-0.39, 0.29) is 22.4 Å². The maximum atomic E-state index is 12.8. The first kappa shape index (κ1) is 21.9. The lowest BCUT2D eigenvalue weighted by atomic mass is 9.97. The second-order valence-corrected chi connectivity index (χ2v) is 5.93. The zero-order valence-electron chi connectivity index (χ0n) is 15.1. The van der Waals surface area contributed by atoms with Crippen LogP contribution in [0.4, 0.5) is 32.0 Å². The Labute approximate surface area is 169 Å². The van der Waals surface area contributed by atoms with Gasteiger partial charge in [0.05, 0.1) is 10.6 Å². The van der Waals surface area contributed by atoms with Crippen molar-refractivity contribution < 1.29 is 40.7 Å². The Hall–Kier alpha value is -3.83. The number of pyridine rings is 1. The predicted octanol–water partition coefficient (Wildman–Crippen LogP) is 6.12. The molecule has 0 radical (unpaired) electrons. The van der Waals surface area contributed by atoms with E-state index in [2.05, 4.69) is 14.5 Å². The molecule has 1 heterocycles. The number of halogens is 6. The van der Waals surface area contributed by atoms with Crippen molar-refractivity contribution in [3.05, 3.63) is 70.9 Å². The Morgan fingerprint density at radius 3 is 1.77 bits per heavy atom. The standard InChI is InChI=1S/C19H10F6N2O4/c20-18(21,22)30-15-7-3-1-5-12(15)14-9-11(27(28)29)10-26-17(14)13-6-2-4-8-16(13)31-19(23,24)25/h1-10H. The molecule has 1 aromatic heterocycles. The Morgan fingerprint density at radius 2 is 1.26 bits per heavy atom. The summed E-state index contributed by atoms with van der Waals surface area (Å²) in [4.78, 5) is 14.2. The van der Waals surface area contributed by atoms with Gasteiger partial charge in [-0.2, -0.15) is 0 Å². The summed E-state index contributed by atoms with van der Waals surface area (Å²) in [6.07, 6.45) is -9.37. The van der Waals surface area contributed by atoms with Crippen LogP contribution in [0.5, 0.6) is 11.5 Å². The third-order valence-corrected chi connectivity index (χ3v) is 3.85. The summed E-state index contributed by atoms with van der Waals surface area (Å²) >= 11 is 0. The summed E-state index contributed by atoms with van der Waals surface area (Å²) in [6, 6.07) is 10.3. The molecule has 0 saturated heterocycles. The van der Waals surface area contributed by atoms with Crippen molar-refractivity contribution >= 4 is 5.69 Å². The number of hydrogen-bond donors (Lipinski definition) is 0. The highest BCUT2D eigenvalue weighted by Crippen LogP contribution is 2.42. The third-order valence-electron chi connectivity index (χ3n) is 3.85. The minimum atomic E-state index is -5.08. The maximum Gasteiger partial charge on any atom is 0.573 e. The molecule has 3 rings (SSSR count). The van der Waals surface area contributed by atoms with Gasteiger partial charge in [0.2, 0.25) is 0 Å². The molecule has 0 fully saturated rings. The zero-order valence-corrected chi connectivity index (χ0v) is 15.1. The number of rotatable bonds is 5. The van der Waals surface area contributed by atoms with Crippen LogP contribution >= 0.6 is 0 Å². The molecule has 0 unspecified atom stereocenters. The van der Waals surface area contributed by atoms with E-state index in [0.717, 1.165) is 24.4 Å². The number of nitrogens with zero attached hydrogens (tertiary/aromatic N) is 2. The second-order valence-electron chi connectivity index (χ2n) is 5.93. The van der Waals surface area contributed by atoms with Gasteiger partial charge in [0.25, 0.3) is 5.69 Å². The van der Waals surface area contributed by atoms with E-state index in [4.69, 9.17) is 0 Å². The van der Waals surface area contributed by atoms with Crippen LogP contribution < -0.4 is 9.47 Å². The second kappa shape index (κ2) is 8.13. The number of nitro groups is 1. The van der Waals surface area contributed by atoms with Crippen LogP contribution in [0.1, 0.15) is 0 Å². The molecule has 0 amide bonds. The third kappa shape index (κ3) is 5.41. The van der Waals surface area contributed by atoms with Crippen LogP contribution in [0.3, 0.4) is 0 Å². The van der Waals surface area contributed by atoms with Crippen LogP contribution in [-0.2, 0) is 0 Å². The van der Waals surface area contributed by atoms with Crippen LogP contribution in [0, 0.1) is 10.1 Å². The van der Waals surface area contributed by atoms with Gasteiger partial charge in [-0.1, -0.05) is 30.3 Å². The number of aromatic nitrogens is 1. The molecule has 0 saturated carbocycles. The Balaban J connectivity index is 2.27. The van der Waals surface area contributed by atoms with Gasteiger partial charge >= 0.3 is 12.7 Å². The normalized spacial score (nSPS) is 11.8. The molecule has 0 atom stereocenters. The van der Waals surface area contributed by atoms with E-state index in [1.54, 1.807) is 0 Å². The number of para-hydroxylation sites is 2. The molecule has 0 aliphatic heterocycles. The number of hydrogen-bond acceptors (Lipinski definition) is 5. The van der Waals surface area contributed by atoms with Gasteiger partial charge in [-0.3, -0.25) is 10.1 Å². The van der Waals surface area contributed by atoms with Crippen molar-refractivity contribution in [3.8, 4) is 33.9 Å². The van der Waals surface area contributed by atoms with Gasteiger partial charge in [-0.05, 0) is 18.2 Å². The molecule has 3 aromatic rings. The van der Waals surface area contributed by atoms with Crippen molar-refractivity contribution in [1.29, 1.82) is 0 Å².